The summed E-state index contributed by atoms with van der Waals surface area (Å²) in [5.41, 5.74) is 2.61. The molecule has 5 nitrogen and oxygen atoms in total. The first-order valence-electron chi connectivity index (χ1n) is 10.7. The van der Waals surface area contributed by atoms with Crippen LogP contribution in [0.1, 0.15) is 19.3 Å². The molecule has 2 aromatic carbocycles. The lowest BCUT2D eigenvalue weighted by molar-refractivity contribution is 0.301. The molecule has 2 N–H and O–H groups in total. The standard InChI is InChI=1S/C25H27ClFN3O2/c1-30-11-3-4-18(30)9-10-28-25-14-17(16-5-8-21(26)22(27)12-16)13-23(29-25)20-7-6-19(32-2)15-24(20)31/h5-8,12-15,18,31H,3-4,9-11H2,1-2H3,(H,28,29). The highest BCUT2D eigenvalue weighted by Gasteiger charge is 2.20. The summed E-state index contributed by atoms with van der Waals surface area (Å²) < 4.78 is 19.3. The van der Waals surface area contributed by atoms with Gasteiger partial charge in [0.15, 0.2) is 0 Å². The Balaban J connectivity index is 1.67. The molecule has 0 saturated carbocycles. The highest BCUT2D eigenvalue weighted by atomic mass is 35.5. The Morgan fingerprint density at radius 3 is 2.72 bits per heavy atom. The Morgan fingerprint density at radius 1 is 1.19 bits per heavy atom. The highest BCUT2D eigenvalue weighted by Crippen LogP contribution is 2.35. The van der Waals surface area contributed by atoms with E-state index in [1.54, 1.807) is 37.4 Å². The molecular weight excluding hydrogens is 429 g/mol. The number of pyridine rings is 1. The lowest BCUT2D eigenvalue weighted by Gasteiger charge is -2.19. The van der Waals surface area contributed by atoms with Crippen molar-refractivity contribution in [2.45, 2.75) is 25.3 Å². The largest absolute Gasteiger partial charge is 0.507 e. The molecule has 1 atom stereocenters. The van der Waals surface area contributed by atoms with Crippen LogP contribution in [-0.2, 0) is 0 Å². The number of ether oxygens (including phenoxy) is 1. The third-order valence-corrected chi connectivity index (χ3v) is 6.32. The summed E-state index contributed by atoms with van der Waals surface area (Å²) in [4.78, 5) is 7.11. The maximum Gasteiger partial charge on any atom is 0.142 e. The van der Waals surface area contributed by atoms with Crippen LogP contribution < -0.4 is 10.1 Å². The Hall–Kier alpha value is -2.83. The van der Waals surface area contributed by atoms with E-state index in [0.29, 0.717) is 34.4 Å². The van der Waals surface area contributed by atoms with E-state index < -0.39 is 5.82 Å². The molecule has 1 aliphatic heterocycles. The Bertz CT molecular complexity index is 1110. The molecule has 4 rings (SSSR count). The topological polar surface area (TPSA) is 57.6 Å². The predicted molar refractivity (Wildman–Crippen MR) is 127 cm³/mol. The minimum atomic E-state index is -0.478. The summed E-state index contributed by atoms with van der Waals surface area (Å²) in [6, 6.07) is 14.1. The number of hydrogen-bond donors (Lipinski definition) is 2. The second-order valence-electron chi connectivity index (χ2n) is 8.13. The normalized spacial score (nSPS) is 16.3. The predicted octanol–water partition coefficient (Wildman–Crippen LogP) is 5.82. The number of nitrogens with one attached hydrogen (secondary N) is 1. The summed E-state index contributed by atoms with van der Waals surface area (Å²) in [5, 5.41) is 14.0. The zero-order chi connectivity index (χ0) is 22.7. The van der Waals surface area contributed by atoms with Crippen LogP contribution in [-0.4, -0.2) is 48.3 Å². The van der Waals surface area contributed by atoms with Crippen LogP contribution in [0.2, 0.25) is 5.02 Å². The monoisotopic (exact) mass is 455 g/mol. The molecule has 32 heavy (non-hydrogen) atoms. The molecule has 0 bridgehead atoms. The fraction of sp³-hybridized carbons (Fsp3) is 0.320. The lowest BCUT2D eigenvalue weighted by atomic mass is 10.0. The van der Waals surface area contributed by atoms with Crippen LogP contribution in [0, 0.1) is 5.82 Å². The molecule has 0 radical (unpaired) electrons. The third-order valence-electron chi connectivity index (χ3n) is 6.01. The van der Waals surface area contributed by atoms with Gasteiger partial charge in [-0.15, -0.1) is 0 Å². The summed E-state index contributed by atoms with van der Waals surface area (Å²) in [6.45, 7) is 1.91. The van der Waals surface area contributed by atoms with E-state index in [-0.39, 0.29) is 10.8 Å². The quantitative estimate of drug-likeness (QED) is 0.470. The molecule has 168 valence electrons. The van der Waals surface area contributed by atoms with Crippen molar-refractivity contribution < 1.29 is 14.2 Å². The molecule has 0 amide bonds. The minimum absolute atomic E-state index is 0.0646. The number of aromatic nitrogens is 1. The smallest absolute Gasteiger partial charge is 0.142 e. The van der Waals surface area contributed by atoms with Gasteiger partial charge in [0.1, 0.15) is 23.1 Å². The third kappa shape index (κ3) is 4.97. The van der Waals surface area contributed by atoms with Gasteiger partial charge in [-0.2, -0.15) is 0 Å². The van der Waals surface area contributed by atoms with Crippen LogP contribution in [0.4, 0.5) is 10.2 Å². The van der Waals surface area contributed by atoms with Gasteiger partial charge in [0.25, 0.3) is 0 Å². The van der Waals surface area contributed by atoms with Crippen LogP contribution >= 0.6 is 11.6 Å². The number of likely N-dealkylation sites (tertiary alicyclic amines) is 1. The van der Waals surface area contributed by atoms with E-state index >= 15 is 0 Å². The summed E-state index contributed by atoms with van der Waals surface area (Å²) in [5.74, 6) is 0.813. The molecule has 0 spiro atoms. The van der Waals surface area contributed by atoms with Crippen molar-refractivity contribution in [3.05, 3.63) is 59.4 Å². The fourth-order valence-electron chi connectivity index (χ4n) is 4.17. The zero-order valence-corrected chi connectivity index (χ0v) is 19.0. The van der Waals surface area contributed by atoms with Crippen molar-refractivity contribution in [2.75, 3.05) is 32.6 Å². The van der Waals surface area contributed by atoms with Gasteiger partial charge >= 0.3 is 0 Å². The number of phenolic OH excluding ortho intramolecular Hbond substituents is 1. The van der Waals surface area contributed by atoms with E-state index in [1.165, 1.54) is 18.9 Å². The number of methoxy groups -OCH3 is 1. The van der Waals surface area contributed by atoms with Crippen molar-refractivity contribution in [1.29, 1.82) is 0 Å². The Labute approximate surface area is 192 Å². The van der Waals surface area contributed by atoms with E-state index in [0.717, 1.165) is 25.1 Å². The average molecular weight is 456 g/mol. The van der Waals surface area contributed by atoms with Crippen molar-refractivity contribution >= 4 is 17.4 Å². The molecule has 7 heteroatoms. The molecule has 1 fully saturated rings. The van der Waals surface area contributed by atoms with Crippen molar-refractivity contribution in [3.63, 3.8) is 0 Å². The second kappa shape index (κ2) is 9.76. The van der Waals surface area contributed by atoms with Gasteiger partial charge in [-0.3, -0.25) is 0 Å². The van der Waals surface area contributed by atoms with Gasteiger partial charge in [0, 0.05) is 24.2 Å². The van der Waals surface area contributed by atoms with Gasteiger partial charge in [0.2, 0.25) is 0 Å². The first kappa shape index (κ1) is 22.4. The first-order chi connectivity index (χ1) is 15.4. The summed E-state index contributed by atoms with van der Waals surface area (Å²) >= 11 is 5.87. The minimum Gasteiger partial charge on any atom is -0.507 e. The van der Waals surface area contributed by atoms with Crippen molar-refractivity contribution in [3.8, 4) is 33.9 Å². The van der Waals surface area contributed by atoms with Crippen LogP contribution in [0.3, 0.4) is 0 Å². The van der Waals surface area contributed by atoms with Crippen LogP contribution in [0.15, 0.2) is 48.5 Å². The van der Waals surface area contributed by atoms with E-state index in [1.807, 2.05) is 12.1 Å². The zero-order valence-electron chi connectivity index (χ0n) is 18.2. The first-order valence-corrected chi connectivity index (χ1v) is 11.1. The summed E-state index contributed by atoms with van der Waals surface area (Å²) in [6.07, 6.45) is 3.46. The van der Waals surface area contributed by atoms with Crippen molar-refractivity contribution in [1.82, 2.24) is 9.88 Å². The fourth-order valence-corrected chi connectivity index (χ4v) is 4.28. The maximum absolute atomic E-state index is 14.1. The van der Waals surface area contributed by atoms with Gasteiger partial charge < -0.3 is 20.1 Å². The summed E-state index contributed by atoms with van der Waals surface area (Å²) in [7, 11) is 3.71. The van der Waals surface area contributed by atoms with E-state index in [2.05, 4.69) is 17.3 Å². The van der Waals surface area contributed by atoms with Gasteiger partial charge in [-0.05, 0) is 80.4 Å². The van der Waals surface area contributed by atoms with Gasteiger partial charge in [0.05, 0.1) is 17.8 Å². The molecule has 3 aromatic rings. The van der Waals surface area contributed by atoms with E-state index in [9.17, 15) is 9.50 Å². The number of nitrogens with zero attached hydrogens (tertiary/aromatic N) is 2. The molecule has 1 saturated heterocycles. The number of phenols is 1. The highest BCUT2D eigenvalue weighted by molar-refractivity contribution is 6.30. The van der Waals surface area contributed by atoms with Crippen LogP contribution in [0.5, 0.6) is 11.5 Å². The van der Waals surface area contributed by atoms with Gasteiger partial charge in [-0.1, -0.05) is 17.7 Å². The molecule has 1 aliphatic rings. The molecule has 1 unspecified atom stereocenters. The SMILES string of the molecule is COc1ccc(-c2cc(-c3ccc(Cl)c(F)c3)cc(NCCC3CCCN3C)n2)c(O)c1. The average Bonchev–Trinajstić information content (AvgIpc) is 3.20. The Morgan fingerprint density at radius 2 is 2.03 bits per heavy atom. The molecular formula is C25H27ClFN3O2. The van der Waals surface area contributed by atoms with Crippen molar-refractivity contribution in [2.24, 2.45) is 0 Å². The number of rotatable bonds is 7. The number of anilines is 1. The Kier molecular flexibility index (Phi) is 6.82. The number of hydrogen-bond acceptors (Lipinski definition) is 5. The van der Waals surface area contributed by atoms with E-state index in [4.69, 9.17) is 21.3 Å². The number of halogens is 2. The molecule has 0 aliphatic carbocycles. The molecule has 1 aromatic heterocycles. The number of benzene rings is 2. The number of aromatic hydroxyl groups is 1. The second-order valence-corrected chi connectivity index (χ2v) is 8.54. The van der Waals surface area contributed by atoms with Crippen LogP contribution in [0.25, 0.3) is 22.4 Å². The molecule has 2 heterocycles. The van der Waals surface area contributed by atoms with Gasteiger partial charge in [-0.25, -0.2) is 9.37 Å². The maximum atomic E-state index is 14.1. The lowest BCUT2D eigenvalue weighted by Crippen LogP contribution is -2.27.